The summed E-state index contributed by atoms with van der Waals surface area (Å²) in [6, 6.07) is 21.2. The Hall–Kier alpha value is -2.63. The number of ether oxygens (including phenoxy) is 1. The fourth-order valence-electron chi connectivity index (χ4n) is 3.56. The van der Waals surface area contributed by atoms with Crippen LogP contribution in [0.25, 0.3) is 10.2 Å². The van der Waals surface area contributed by atoms with Gasteiger partial charge in [-0.2, -0.15) is 9.30 Å². The van der Waals surface area contributed by atoms with E-state index in [1.807, 2.05) is 53.1 Å². The summed E-state index contributed by atoms with van der Waals surface area (Å²) in [7, 11) is -0.543. The second kappa shape index (κ2) is 11.0. The van der Waals surface area contributed by atoms with E-state index < -0.39 is 15.9 Å². The van der Waals surface area contributed by atoms with Gasteiger partial charge in [0.05, 0.1) is 21.7 Å². The molecule has 0 N–H and O–H groups in total. The van der Waals surface area contributed by atoms with Crippen molar-refractivity contribution < 1.29 is 17.9 Å². The maximum atomic E-state index is 13.0. The van der Waals surface area contributed by atoms with Crippen LogP contribution >= 0.6 is 27.3 Å². The molecule has 4 rings (SSSR count). The van der Waals surface area contributed by atoms with E-state index in [0.717, 1.165) is 20.3 Å². The van der Waals surface area contributed by atoms with Crippen molar-refractivity contribution in [3.63, 3.8) is 0 Å². The molecule has 35 heavy (non-hydrogen) atoms. The van der Waals surface area contributed by atoms with Gasteiger partial charge in [0.1, 0.15) is 0 Å². The third-order valence-electron chi connectivity index (χ3n) is 5.42. The minimum absolute atomic E-state index is 0.120. The quantitative estimate of drug-likeness (QED) is 0.306. The molecule has 1 amide bonds. The van der Waals surface area contributed by atoms with E-state index in [1.54, 1.807) is 7.11 Å². The number of rotatable bonds is 8. The number of halogens is 1. The molecule has 0 saturated carbocycles. The average Bonchev–Trinajstić information content (AvgIpc) is 3.18. The number of hydrogen-bond acceptors (Lipinski definition) is 5. The first kappa shape index (κ1) is 25.5. The molecule has 10 heteroatoms. The molecule has 7 nitrogen and oxygen atoms in total. The average molecular weight is 575 g/mol. The number of carbonyl (C=O) groups is 1. The second-order valence-electron chi connectivity index (χ2n) is 7.83. The Kier molecular flexibility index (Phi) is 7.98. The molecule has 3 aromatic carbocycles. The fourth-order valence-corrected chi connectivity index (χ4v) is 6.32. The number of methoxy groups -OCH3 is 1. The summed E-state index contributed by atoms with van der Waals surface area (Å²) in [5.74, 6) is -0.441. The number of aromatic nitrogens is 1. The van der Waals surface area contributed by atoms with Crippen LogP contribution in [-0.4, -0.2) is 44.0 Å². The minimum atomic E-state index is -3.71. The van der Waals surface area contributed by atoms with Gasteiger partial charge in [0.2, 0.25) is 10.0 Å². The highest BCUT2D eigenvalue weighted by atomic mass is 79.9. The standard InChI is InChI=1S/C25H24BrN3O4S2/c1-28(17-18-6-4-3-5-7-18)35(31,32)21-11-8-19(9-12-21)24(30)27-25-29(14-15-33-2)22-13-10-20(26)16-23(22)34-25/h3-13,16H,14-15,17H2,1-2H3. The van der Waals surface area contributed by atoms with E-state index in [1.165, 1.54) is 47.0 Å². The first-order chi connectivity index (χ1) is 16.8. The third-order valence-corrected chi connectivity index (χ3v) is 8.77. The van der Waals surface area contributed by atoms with Crippen LogP contribution in [0.5, 0.6) is 0 Å². The highest BCUT2D eigenvalue weighted by Gasteiger charge is 2.21. The van der Waals surface area contributed by atoms with Gasteiger partial charge in [0.25, 0.3) is 5.91 Å². The summed E-state index contributed by atoms with van der Waals surface area (Å²) >= 11 is 4.89. The van der Waals surface area contributed by atoms with Crippen LogP contribution in [0.15, 0.2) is 87.2 Å². The normalized spacial score (nSPS) is 12.5. The molecule has 0 unspecified atom stereocenters. The molecule has 0 aliphatic heterocycles. The maximum Gasteiger partial charge on any atom is 0.279 e. The van der Waals surface area contributed by atoms with Gasteiger partial charge in [-0.15, -0.1) is 0 Å². The molecule has 0 bridgehead atoms. The van der Waals surface area contributed by atoms with Crippen molar-refractivity contribution in [3.05, 3.63) is 93.2 Å². The minimum Gasteiger partial charge on any atom is -0.383 e. The smallest absolute Gasteiger partial charge is 0.279 e. The molecule has 0 spiro atoms. The summed E-state index contributed by atoms with van der Waals surface area (Å²) in [6.45, 7) is 1.28. The van der Waals surface area contributed by atoms with Gasteiger partial charge in [-0.1, -0.05) is 57.6 Å². The molecule has 4 aromatic rings. The van der Waals surface area contributed by atoms with Crippen LogP contribution in [0.3, 0.4) is 0 Å². The summed E-state index contributed by atoms with van der Waals surface area (Å²) in [5.41, 5.74) is 2.16. The molecule has 0 atom stereocenters. The Morgan fingerprint density at radius 1 is 1.09 bits per heavy atom. The number of benzene rings is 3. The number of hydrogen-bond donors (Lipinski definition) is 0. The Morgan fingerprint density at radius 3 is 2.49 bits per heavy atom. The highest BCUT2D eigenvalue weighted by molar-refractivity contribution is 9.10. The number of amides is 1. The van der Waals surface area contributed by atoms with Crippen molar-refractivity contribution in [2.24, 2.45) is 4.99 Å². The van der Waals surface area contributed by atoms with Crippen LogP contribution < -0.4 is 4.80 Å². The summed E-state index contributed by atoms with van der Waals surface area (Å²) in [5, 5.41) is 0. The molecular weight excluding hydrogens is 550 g/mol. The number of thiazole rings is 1. The van der Waals surface area contributed by atoms with Gasteiger partial charge in [-0.3, -0.25) is 4.79 Å². The van der Waals surface area contributed by atoms with E-state index in [-0.39, 0.29) is 11.4 Å². The van der Waals surface area contributed by atoms with E-state index in [2.05, 4.69) is 20.9 Å². The number of carbonyl (C=O) groups excluding carboxylic acids is 1. The lowest BCUT2D eigenvalue weighted by atomic mass is 10.2. The zero-order valence-corrected chi connectivity index (χ0v) is 22.4. The lowest BCUT2D eigenvalue weighted by molar-refractivity contribution is 0.0997. The molecular formula is C25H24BrN3O4S2. The fraction of sp³-hybridized carbons (Fsp3) is 0.200. The van der Waals surface area contributed by atoms with Crippen LogP contribution in [-0.2, 0) is 27.8 Å². The Bertz CT molecular complexity index is 1510. The SMILES string of the molecule is COCCn1c(=NC(=O)c2ccc(S(=O)(=O)N(C)Cc3ccccc3)cc2)sc2cc(Br)ccc21. The second-order valence-corrected chi connectivity index (χ2v) is 11.8. The Balaban J connectivity index is 1.60. The Morgan fingerprint density at radius 2 is 1.80 bits per heavy atom. The maximum absolute atomic E-state index is 13.0. The van der Waals surface area contributed by atoms with Crippen molar-refractivity contribution in [2.45, 2.75) is 18.0 Å². The first-order valence-corrected chi connectivity index (χ1v) is 13.8. The summed E-state index contributed by atoms with van der Waals surface area (Å²) in [4.78, 5) is 18.0. The van der Waals surface area contributed by atoms with Crippen LogP contribution in [0, 0.1) is 0 Å². The van der Waals surface area contributed by atoms with Crippen LogP contribution in [0.1, 0.15) is 15.9 Å². The van der Waals surface area contributed by atoms with Crippen molar-refractivity contribution in [1.29, 1.82) is 0 Å². The van der Waals surface area contributed by atoms with Gasteiger partial charge < -0.3 is 9.30 Å². The molecule has 0 aliphatic rings. The number of fused-ring (bicyclic) bond motifs is 1. The highest BCUT2D eigenvalue weighted by Crippen LogP contribution is 2.23. The predicted molar refractivity (Wildman–Crippen MR) is 141 cm³/mol. The van der Waals surface area contributed by atoms with Crippen molar-refractivity contribution in [2.75, 3.05) is 20.8 Å². The molecule has 182 valence electrons. The summed E-state index contributed by atoms with van der Waals surface area (Å²) < 4.78 is 36.4. The van der Waals surface area contributed by atoms with Gasteiger partial charge in [-0.05, 0) is 48.0 Å². The van der Waals surface area contributed by atoms with Crippen molar-refractivity contribution in [1.82, 2.24) is 8.87 Å². The topological polar surface area (TPSA) is 81.0 Å². The molecule has 0 fully saturated rings. The van der Waals surface area contributed by atoms with Gasteiger partial charge >= 0.3 is 0 Å². The number of sulfonamides is 1. The van der Waals surface area contributed by atoms with Crippen molar-refractivity contribution >= 4 is 53.4 Å². The van der Waals surface area contributed by atoms with E-state index >= 15 is 0 Å². The van der Waals surface area contributed by atoms with Crippen molar-refractivity contribution in [3.8, 4) is 0 Å². The van der Waals surface area contributed by atoms with Gasteiger partial charge in [-0.25, -0.2) is 8.42 Å². The molecule has 1 heterocycles. The molecule has 0 saturated heterocycles. The summed E-state index contributed by atoms with van der Waals surface area (Å²) in [6.07, 6.45) is 0. The first-order valence-electron chi connectivity index (χ1n) is 10.8. The van der Waals surface area contributed by atoms with Crippen LogP contribution in [0.2, 0.25) is 0 Å². The van der Waals surface area contributed by atoms with Crippen LogP contribution in [0.4, 0.5) is 0 Å². The Labute approximate surface area is 216 Å². The molecule has 1 aromatic heterocycles. The van der Waals surface area contributed by atoms with Gasteiger partial charge in [0.15, 0.2) is 4.80 Å². The zero-order valence-electron chi connectivity index (χ0n) is 19.2. The molecule has 0 aliphatic carbocycles. The van der Waals surface area contributed by atoms with E-state index in [9.17, 15) is 13.2 Å². The predicted octanol–water partition coefficient (Wildman–Crippen LogP) is 4.67. The lowest BCUT2D eigenvalue weighted by Crippen LogP contribution is -2.26. The lowest BCUT2D eigenvalue weighted by Gasteiger charge is -2.17. The third kappa shape index (κ3) is 5.79. The van der Waals surface area contributed by atoms with E-state index in [0.29, 0.717) is 23.5 Å². The largest absolute Gasteiger partial charge is 0.383 e. The van der Waals surface area contributed by atoms with E-state index in [4.69, 9.17) is 4.74 Å². The van der Waals surface area contributed by atoms with Gasteiger partial charge in [0, 0.05) is 37.3 Å². The number of nitrogens with zero attached hydrogens (tertiary/aromatic N) is 3. The monoisotopic (exact) mass is 573 g/mol. The molecule has 0 radical (unpaired) electrons. The zero-order chi connectivity index (χ0) is 25.0.